The Hall–Kier alpha value is -2.58. The van der Waals surface area contributed by atoms with Crippen LogP contribution in [0.25, 0.3) is 0 Å². The van der Waals surface area contributed by atoms with Gasteiger partial charge in [-0.25, -0.2) is 0 Å². The molecule has 1 aliphatic heterocycles. The molecule has 3 aromatic carbocycles. The lowest BCUT2D eigenvalue weighted by molar-refractivity contribution is 0.151. The summed E-state index contributed by atoms with van der Waals surface area (Å²) in [4.78, 5) is 2.78. The molecule has 1 heterocycles. The van der Waals surface area contributed by atoms with Crippen LogP contribution in [0.3, 0.4) is 0 Å². The Kier molecular flexibility index (Phi) is 6.08. The second kappa shape index (κ2) is 9.28. The highest BCUT2D eigenvalue weighted by molar-refractivity contribution is 5.37. The van der Waals surface area contributed by atoms with Crippen molar-refractivity contribution in [3.8, 4) is 5.75 Å². The van der Waals surface area contributed by atoms with Crippen molar-refractivity contribution >= 4 is 0 Å². The van der Waals surface area contributed by atoms with Crippen molar-refractivity contribution in [3.63, 3.8) is 0 Å². The van der Waals surface area contributed by atoms with E-state index in [-0.39, 0.29) is 0 Å². The van der Waals surface area contributed by atoms with Crippen molar-refractivity contribution in [1.82, 2.24) is 4.90 Å². The zero-order valence-corrected chi connectivity index (χ0v) is 18.5. The normalized spacial score (nSPS) is 24.9. The predicted molar refractivity (Wildman–Crippen MR) is 128 cm³/mol. The Morgan fingerprint density at radius 3 is 1.74 bits per heavy atom. The molecule has 2 atom stereocenters. The molecule has 0 aromatic heterocycles. The van der Waals surface area contributed by atoms with E-state index in [2.05, 4.69) is 89.8 Å². The number of rotatable bonds is 5. The van der Waals surface area contributed by atoms with Crippen LogP contribution in [0.15, 0.2) is 84.9 Å². The van der Waals surface area contributed by atoms with Crippen LogP contribution in [0.5, 0.6) is 5.75 Å². The van der Waals surface area contributed by atoms with Crippen molar-refractivity contribution in [1.29, 1.82) is 0 Å². The molecule has 3 aromatic rings. The van der Waals surface area contributed by atoms with E-state index in [1.54, 1.807) is 7.11 Å². The quantitative estimate of drug-likeness (QED) is 0.469. The number of hydrogen-bond donors (Lipinski definition) is 0. The van der Waals surface area contributed by atoms with Crippen LogP contribution < -0.4 is 4.74 Å². The standard InChI is InChI=1S/C29H33NO/c1-31-29-15-9-8-14-26(29)24-16-18-30(19-17-24)25-20-27(22-10-4-2-5-11-22)28(21-25)23-12-6-3-7-13-23/h2-15,24-25,27-28H,16-21H2,1H3. The second-order valence-electron chi connectivity index (χ2n) is 9.21. The van der Waals surface area contributed by atoms with Gasteiger partial charge in [-0.1, -0.05) is 78.9 Å². The SMILES string of the molecule is COc1ccccc1C1CCN(C2CC(c3ccccc3)C(c3ccccc3)C2)CC1. The van der Waals surface area contributed by atoms with E-state index in [1.165, 1.54) is 55.5 Å². The van der Waals surface area contributed by atoms with Crippen LogP contribution in [0.1, 0.15) is 60.1 Å². The van der Waals surface area contributed by atoms with E-state index in [0.717, 1.165) is 5.75 Å². The topological polar surface area (TPSA) is 12.5 Å². The molecule has 1 saturated heterocycles. The van der Waals surface area contributed by atoms with Crippen molar-refractivity contribution < 1.29 is 4.74 Å². The van der Waals surface area contributed by atoms with Gasteiger partial charge in [0.15, 0.2) is 0 Å². The van der Waals surface area contributed by atoms with Crippen LogP contribution in [0.2, 0.25) is 0 Å². The lowest BCUT2D eigenvalue weighted by Crippen LogP contribution is -2.39. The van der Waals surface area contributed by atoms with Gasteiger partial charge >= 0.3 is 0 Å². The molecule has 1 aliphatic carbocycles. The van der Waals surface area contributed by atoms with Gasteiger partial charge in [-0.3, -0.25) is 0 Å². The van der Waals surface area contributed by atoms with E-state index >= 15 is 0 Å². The Morgan fingerprint density at radius 2 is 1.19 bits per heavy atom. The van der Waals surface area contributed by atoms with E-state index in [0.29, 0.717) is 23.8 Å². The molecule has 0 N–H and O–H groups in total. The lowest BCUT2D eigenvalue weighted by Gasteiger charge is -2.36. The van der Waals surface area contributed by atoms with Crippen LogP contribution in [0.4, 0.5) is 0 Å². The van der Waals surface area contributed by atoms with Gasteiger partial charge in [0.05, 0.1) is 7.11 Å². The van der Waals surface area contributed by atoms with E-state index in [1.807, 2.05) is 0 Å². The molecule has 31 heavy (non-hydrogen) atoms. The molecule has 0 bridgehead atoms. The van der Waals surface area contributed by atoms with Gasteiger partial charge in [0, 0.05) is 6.04 Å². The van der Waals surface area contributed by atoms with Gasteiger partial charge in [-0.05, 0) is 79.3 Å². The maximum Gasteiger partial charge on any atom is 0.122 e. The number of methoxy groups -OCH3 is 1. The van der Waals surface area contributed by atoms with Gasteiger partial charge in [-0.15, -0.1) is 0 Å². The highest BCUT2D eigenvalue weighted by Crippen LogP contribution is 2.48. The first-order valence-corrected chi connectivity index (χ1v) is 11.8. The summed E-state index contributed by atoms with van der Waals surface area (Å²) in [6, 6.07) is 31.6. The average molecular weight is 412 g/mol. The maximum atomic E-state index is 5.64. The second-order valence-corrected chi connectivity index (χ2v) is 9.21. The molecule has 160 valence electrons. The number of likely N-dealkylation sites (tertiary alicyclic amines) is 1. The summed E-state index contributed by atoms with van der Waals surface area (Å²) >= 11 is 0. The third-order valence-corrected chi connectivity index (χ3v) is 7.62. The Balaban J connectivity index is 1.31. The third kappa shape index (κ3) is 4.27. The smallest absolute Gasteiger partial charge is 0.122 e. The van der Waals surface area contributed by atoms with Crippen molar-refractivity contribution in [3.05, 3.63) is 102 Å². The largest absolute Gasteiger partial charge is 0.496 e. The van der Waals surface area contributed by atoms with Crippen LogP contribution in [-0.4, -0.2) is 31.1 Å². The Labute approximate surface area is 186 Å². The van der Waals surface area contributed by atoms with Crippen LogP contribution in [0, 0.1) is 0 Å². The highest BCUT2D eigenvalue weighted by Gasteiger charge is 2.39. The van der Waals surface area contributed by atoms with Crippen LogP contribution in [-0.2, 0) is 0 Å². The fraction of sp³-hybridized carbons (Fsp3) is 0.379. The van der Waals surface area contributed by atoms with Gasteiger partial charge in [-0.2, -0.15) is 0 Å². The summed E-state index contributed by atoms with van der Waals surface area (Å²) in [6.45, 7) is 2.38. The van der Waals surface area contributed by atoms with Crippen molar-refractivity contribution in [2.75, 3.05) is 20.2 Å². The minimum Gasteiger partial charge on any atom is -0.496 e. The summed E-state index contributed by atoms with van der Waals surface area (Å²) < 4.78 is 5.64. The summed E-state index contributed by atoms with van der Waals surface area (Å²) in [5.41, 5.74) is 4.39. The maximum absolute atomic E-state index is 5.64. The molecular formula is C29H33NO. The lowest BCUT2D eigenvalue weighted by atomic mass is 9.84. The number of hydrogen-bond acceptors (Lipinski definition) is 2. The highest BCUT2D eigenvalue weighted by atomic mass is 16.5. The number of benzene rings is 3. The first-order valence-electron chi connectivity index (χ1n) is 11.8. The number of piperidine rings is 1. The third-order valence-electron chi connectivity index (χ3n) is 7.62. The Bertz CT molecular complexity index is 915. The van der Waals surface area contributed by atoms with E-state index < -0.39 is 0 Å². The van der Waals surface area contributed by atoms with Crippen molar-refractivity contribution in [2.24, 2.45) is 0 Å². The number of ether oxygens (including phenoxy) is 1. The van der Waals surface area contributed by atoms with Gasteiger partial charge < -0.3 is 9.64 Å². The molecule has 2 aliphatic rings. The summed E-state index contributed by atoms with van der Waals surface area (Å²) in [5, 5.41) is 0. The molecule has 0 amide bonds. The fourth-order valence-electron chi connectivity index (χ4n) is 6.03. The summed E-state index contributed by atoms with van der Waals surface area (Å²) in [6.07, 6.45) is 4.98. The zero-order chi connectivity index (χ0) is 21.0. The van der Waals surface area contributed by atoms with Crippen molar-refractivity contribution in [2.45, 2.75) is 49.5 Å². The molecular weight excluding hydrogens is 378 g/mol. The fourth-order valence-corrected chi connectivity index (χ4v) is 6.03. The zero-order valence-electron chi connectivity index (χ0n) is 18.5. The summed E-state index contributed by atoms with van der Waals surface area (Å²) in [7, 11) is 1.79. The number of para-hydroxylation sites is 1. The number of nitrogens with zero attached hydrogens (tertiary/aromatic N) is 1. The Morgan fingerprint density at radius 1 is 0.677 bits per heavy atom. The molecule has 5 rings (SSSR count). The summed E-state index contributed by atoms with van der Waals surface area (Å²) in [5.74, 6) is 2.89. The predicted octanol–water partition coefficient (Wildman–Crippen LogP) is 6.60. The van der Waals surface area contributed by atoms with Crippen LogP contribution >= 0.6 is 0 Å². The minimum atomic E-state index is 0.612. The molecule has 2 heteroatoms. The monoisotopic (exact) mass is 411 g/mol. The van der Waals surface area contributed by atoms with Gasteiger partial charge in [0.1, 0.15) is 5.75 Å². The first kappa shape index (κ1) is 20.3. The molecule has 2 unspecified atom stereocenters. The van der Waals surface area contributed by atoms with E-state index in [9.17, 15) is 0 Å². The molecule has 1 saturated carbocycles. The van der Waals surface area contributed by atoms with Gasteiger partial charge in [0.25, 0.3) is 0 Å². The molecule has 2 nitrogen and oxygen atoms in total. The van der Waals surface area contributed by atoms with Gasteiger partial charge in [0.2, 0.25) is 0 Å². The molecule has 0 spiro atoms. The van der Waals surface area contributed by atoms with E-state index in [4.69, 9.17) is 4.74 Å². The molecule has 0 radical (unpaired) electrons. The average Bonchev–Trinajstić information content (AvgIpc) is 3.31. The molecule has 2 fully saturated rings. The minimum absolute atomic E-state index is 0.612. The first-order chi connectivity index (χ1) is 15.3.